The third kappa shape index (κ3) is 6.62. The zero-order valence-corrected chi connectivity index (χ0v) is 19.9. The van der Waals surface area contributed by atoms with Crippen molar-refractivity contribution in [1.82, 2.24) is 16.0 Å². The first-order chi connectivity index (χ1) is 14.2. The van der Waals surface area contributed by atoms with Crippen molar-refractivity contribution in [3.8, 4) is 5.75 Å². The molecule has 2 aromatic carbocycles. The van der Waals surface area contributed by atoms with Gasteiger partial charge in [0, 0.05) is 30.6 Å². The lowest BCUT2D eigenvalue weighted by molar-refractivity contribution is 0.0954. The molecule has 1 saturated carbocycles. The molecule has 7 heteroatoms. The number of nitrogens with zero attached hydrogens (tertiary/aromatic N) is 1. The molecule has 2 aromatic rings. The van der Waals surface area contributed by atoms with Gasteiger partial charge in [-0.2, -0.15) is 0 Å². The summed E-state index contributed by atoms with van der Waals surface area (Å²) in [4.78, 5) is 17.1. The molecule has 0 aromatic heterocycles. The largest absolute Gasteiger partial charge is 0.497 e. The fraction of sp³-hybridized carbons (Fsp3) is 0.391. The number of guanidine groups is 1. The van der Waals surface area contributed by atoms with Crippen LogP contribution in [0.15, 0.2) is 59.6 Å². The van der Waals surface area contributed by atoms with Crippen LogP contribution in [0.1, 0.15) is 35.7 Å². The smallest absolute Gasteiger partial charge is 0.251 e. The first kappa shape index (κ1) is 24.0. The third-order valence-corrected chi connectivity index (χ3v) is 5.16. The molecular weight excluding hydrogens is 491 g/mol. The molecule has 0 aliphatic heterocycles. The van der Waals surface area contributed by atoms with Crippen LogP contribution in [0.3, 0.4) is 0 Å². The Labute approximate surface area is 195 Å². The van der Waals surface area contributed by atoms with E-state index in [0.717, 1.165) is 19.0 Å². The second-order valence-electron chi connectivity index (χ2n) is 7.26. The summed E-state index contributed by atoms with van der Waals surface area (Å²) in [6.45, 7) is 4.71. The maximum absolute atomic E-state index is 12.3. The van der Waals surface area contributed by atoms with Gasteiger partial charge in [0.05, 0.1) is 13.7 Å². The molecule has 0 radical (unpaired) electrons. The van der Waals surface area contributed by atoms with Gasteiger partial charge in [-0.15, -0.1) is 24.0 Å². The van der Waals surface area contributed by atoms with Crippen molar-refractivity contribution in [3.05, 3.63) is 65.7 Å². The first-order valence-corrected chi connectivity index (χ1v) is 10.2. The van der Waals surface area contributed by atoms with E-state index in [2.05, 4.69) is 40.2 Å². The quantitative estimate of drug-likeness (QED) is 0.205. The van der Waals surface area contributed by atoms with Gasteiger partial charge in [-0.1, -0.05) is 36.4 Å². The van der Waals surface area contributed by atoms with E-state index >= 15 is 0 Å². The van der Waals surface area contributed by atoms with Gasteiger partial charge in [-0.3, -0.25) is 9.79 Å². The van der Waals surface area contributed by atoms with Crippen molar-refractivity contribution in [2.45, 2.75) is 25.2 Å². The minimum Gasteiger partial charge on any atom is -0.497 e. The minimum atomic E-state index is -0.117. The number of carbonyl (C=O) groups is 1. The number of benzene rings is 2. The number of carbonyl (C=O) groups excluding carboxylic acids is 1. The SMILES string of the molecule is CCNC(=NCC1(c2ccccc2)CC1)NCCNC(=O)c1cccc(OC)c1.I. The van der Waals surface area contributed by atoms with Crippen LogP contribution in [0, 0.1) is 0 Å². The van der Waals surface area contributed by atoms with Crippen LogP contribution in [-0.4, -0.2) is 45.2 Å². The molecule has 1 fully saturated rings. The Morgan fingerprint density at radius 1 is 1.03 bits per heavy atom. The van der Waals surface area contributed by atoms with E-state index in [1.807, 2.05) is 25.1 Å². The third-order valence-electron chi connectivity index (χ3n) is 5.16. The molecule has 0 unspecified atom stereocenters. The van der Waals surface area contributed by atoms with E-state index in [0.29, 0.717) is 24.4 Å². The van der Waals surface area contributed by atoms with Crippen LogP contribution >= 0.6 is 24.0 Å². The Morgan fingerprint density at radius 3 is 2.43 bits per heavy atom. The van der Waals surface area contributed by atoms with E-state index < -0.39 is 0 Å². The summed E-state index contributed by atoms with van der Waals surface area (Å²) >= 11 is 0. The number of halogens is 1. The molecule has 3 N–H and O–H groups in total. The average Bonchev–Trinajstić information content (AvgIpc) is 3.56. The van der Waals surface area contributed by atoms with Crippen LogP contribution in [0.4, 0.5) is 0 Å². The van der Waals surface area contributed by atoms with Crippen LogP contribution in [0.25, 0.3) is 0 Å². The number of amides is 1. The normalized spacial score (nSPS) is 14.3. The van der Waals surface area contributed by atoms with Gasteiger partial charge in [0.2, 0.25) is 0 Å². The van der Waals surface area contributed by atoms with Crippen molar-refractivity contribution >= 4 is 35.8 Å². The zero-order valence-electron chi connectivity index (χ0n) is 17.6. The van der Waals surface area contributed by atoms with Gasteiger partial charge in [-0.05, 0) is 43.5 Å². The maximum Gasteiger partial charge on any atom is 0.251 e. The fourth-order valence-corrected chi connectivity index (χ4v) is 3.28. The molecule has 6 nitrogen and oxygen atoms in total. The van der Waals surface area contributed by atoms with Crippen molar-refractivity contribution in [3.63, 3.8) is 0 Å². The van der Waals surface area contributed by atoms with Gasteiger partial charge in [0.1, 0.15) is 5.75 Å². The first-order valence-electron chi connectivity index (χ1n) is 10.2. The lowest BCUT2D eigenvalue weighted by Gasteiger charge is -2.16. The lowest BCUT2D eigenvalue weighted by Crippen LogP contribution is -2.42. The highest BCUT2D eigenvalue weighted by atomic mass is 127. The highest BCUT2D eigenvalue weighted by Crippen LogP contribution is 2.48. The molecule has 30 heavy (non-hydrogen) atoms. The lowest BCUT2D eigenvalue weighted by atomic mass is 9.96. The molecule has 0 atom stereocenters. The molecule has 0 heterocycles. The Morgan fingerprint density at radius 2 is 1.77 bits per heavy atom. The Balaban J connectivity index is 0.00000320. The second kappa shape index (κ2) is 11.8. The van der Waals surface area contributed by atoms with Gasteiger partial charge >= 0.3 is 0 Å². The topological polar surface area (TPSA) is 74.8 Å². The average molecular weight is 522 g/mol. The summed E-state index contributed by atoms with van der Waals surface area (Å²) in [7, 11) is 1.59. The second-order valence-corrected chi connectivity index (χ2v) is 7.26. The molecule has 0 spiro atoms. The maximum atomic E-state index is 12.3. The fourth-order valence-electron chi connectivity index (χ4n) is 3.28. The van der Waals surface area contributed by atoms with Crippen LogP contribution in [0.5, 0.6) is 5.75 Å². The molecule has 3 rings (SSSR count). The predicted octanol–water partition coefficient (Wildman–Crippen LogP) is 3.33. The van der Waals surface area contributed by atoms with Crippen molar-refractivity contribution in [2.24, 2.45) is 4.99 Å². The number of ether oxygens (including phenoxy) is 1. The Hall–Kier alpha value is -2.29. The summed E-state index contributed by atoms with van der Waals surface area (Å²) in [5.74, 6) is 1.34. The van der Waals surface area contributed by atoms with E-state index in [4.69, 9.17) is 9.73 Å². The molecule has 1 amide bonds. The molecule has 1 aliphatic rings. The summed E-state index contributed by atoms with van der Waals surface area (Å²) in [6, 6.07) is 17.7. The monoisotopic (exact) mass is 522 g/mol. The van der Waals surface area contributed by atoms with Crippen molar-refractivity contribution < 1.29 is 9.53 Å². The number of rotatable bonds is 9. The number of aliphatic imine (C=N–C) groups is 1. The summed E-state index contributed by atoms with van der Waals surface area (Å²) in [6.07, 6.45) is 2.35. The summed E-state index contributed by atoms with van der Waals surface area (Å²) in [5, 5.41) is 9.50. The molecule has 0 bridgehead atoms. The standard InChI is InChI=1S/C23H30N4O2.HI/c1-3-24-22(27-17-23(12-13-23)19-9-5-4-6-10-19)26-15-14-25-21(28)18-8-7-11-20(16-18)29-2;/h4-11,16H,3,12-15,17H2,1-2H3,(H,25,28)(H2,24,26,27);1H. The van der Waals surface area contributed by atoms with Crippen molar-refractivity contribution in [1.29, 1.82) is 0 Å². The van der Waals surface area contributed by atoms with Crippen LogP contribution < -0.4 is 20.7 Å². The highest BCUT2D eigenvalue weighted by Gasteiger charge is 2.43. The van der Waals surface area contributed by atoms with Gasteiger partial charge < -0.3 is 20.7 Å². The molecule has 0 saturated heterocycles. The summed E-state index contributed by atoms with van der Waals surface area (Å²) in [5.41, 5.74) is 2.14. The Kier molecular flexibility index (Phi) is 9.42. The van der Waals surface area contributed by atoms with E-state index in [9.17, 15) is 4.79 Å². The zero-order chi connectivity index (χ0) is 20.5. The van der Waals surface area contributed by atoms with Gasteiger partial charge in [-0.25, -0.2) is 0 Å². The number of methoxy groups -OCH3 is 1. The molecular formula is C23H31IN4O2. The van der Waals surface area contributed by atoms with E-state index in [1.165, 1.54) is 18.4 Å². The molecule has 1 aliphatic carbocycles. The van der Waals surface area contributed by atoms with Crippen LogP contribution in [-0.2, 0) is 5.41 Å². The molecule has 162 valence electrons. The van der Waals surface area contributed by atoms with E-state index in [-0.39, 0.29) is 35.3 Å². The van der Waals surface area contributed by atoms with Crippen molar-refractivity contribution in [2.75, 3.05) is 33.3 Å². The van der Waals surface area contributed by atoms with Crippen LogP contribution in [0.2, 0.25) is 0 Å². The van der Waals surface area contributed by atoms with E-state index in [1.54, 1.807) is 19.2 Å². The Bertz CT molecular complexity index is 838. The number of hydrogen-bond acceptors (Lipinski definition) is 3. The summed E-state index contributed by atoms with van der Waals surface area (Å²) < 4.78 is 5.16. The minimum absolute atomic E-state index is 0. The number of hydrogen-bond donors (Lipinski definition) is 3. The number of nitrogens with one attached hydrogen (secondary N) is 3. The van der Waals surface area contributed by atoms with Gasteiger partial charge in [0.25, 0.3) is 5.91 Å². The van der Waals surface area contributed by atoms with Gasteiger partial charge in [0.15, 0.2) is 5.96 Å². The highest BCUT2D eigenvalue weighted by molar-refractivity contribution is 14.0. The predicted molar refractivity (Wildman–Crippen MR) is 132 cm³/mol.